The van der Waals surface area contributed by atoms with Crippen LogP contribution < -0.4 is 4.74 Å². The average molecular weight is 295 g/mol. The van der Waals surface area contributed by atoms with E-state index in [2.05, 4.69) is 4.98 Å². The number of fused-ring (bicyclic) bond motifs is 1. The summed E-state index contributed by atoms with van der Waals surface area (Å²) in [6.07, 6.45) is -4.82. The molecule has 1 saturated heterocycles. The van der Waals surface area contributed by atoms with Gasteiger partial charge in [-0.15, -0.1) is 0 Å². The maximum absolute atomic E-state index is 9.94. The summed E-state index contributed by atoms with van der Waals surface area (Å²) in [4.78, 5) is 3.01. The van der Waals surface area contributed by atoms with E-state index in [-0.39, 0.29) is 0 Å². The van der Waals surface area contributed by atoms with E-state index in [1.165, 1.54) is 0 Å². The Kier molecular flexibility index (Phi) is 3.83. The smallest absolute Gasteiger partial charge is 0.229 e. The van der Waals surface area contributed by atoms with Crippen molar-refractivity contribution in [2.24, 2.45) is 0 Å². The highest BCUT2D eigenvalue weighted by atomic mass is 16.7. The molecule has 1 fully saturated rings. The Balaban J connectivity index is 1.83. The van der Waals surface area contributed by atoms with Gasteiger partial charge < -0.3 is 34.9 Å². The summed E-state index contributed by atoms with van der Waals surface area (Å²) in [5.74, 6) is 0.454. The molecule has 1 aromatic carbocycles. The van der Waals surface area contributed by atoms with Gasteiger partial charge in [0.1, 0.15) is 30.2 Å². The van der Waals surface area contributed by atoms with Gasteiger partial charge in [0.05, 0.1) is 6.61 Å². The number of aliphatic hydroxyl groups excluding tert-OH is 4. The van der Waals surface area contributed by atoms with Crippen LogP contribution in [0.15, 0.2) is 30.5 Å². The fourth-order valence-electron chi connectivity index (χ4n) is 2.43. The number of aromatic nitrogens is 1. The Morgan fingerprint density at radius 1 is 1.10 bits per heavy atom. The van der Waals surface area contributed by atoms with Gasteiger partial charge in [-0.3, -0.25) is 0 Å². The van der Waals surface area contributed by atoms with Gasteiger partial charge >= 0.3 is 0 Å². The highest BCUT2D eigenvalue weighted by molar-refractivity contribution is 5.85. The third kappa shape index (κ3) is 2.50. The molecule has 21 heavy (non-hydrogen) atoms. The summed E-state index contributed by atoms with van der Waals surface area (Å²) in [5, 5.41) is 39.3. The number of aliphatic hydroxyl groups is 4. The first kappa shape index (κ1) is 14.3. The van der Waals surface area contributed by atoms with Crippen molar-refractivity contribution in [3.63, 3.8) is 0 Å². The van der Waals surface area contributed by atoms with Crippen LogP contribution in [0.25, 0.3) is 10.9 Å². The summed E-state index contributed by atoms with van der Waals surface area (Å²) in [6.45, 7) is -0.487. The molecule has 1 aliphatic heterocycles. The first-order valence-corrected chi connectivity index (χ1v) is 6.65. The monoisotopic (exact) mass is 295 g/mol. The second kappa shape index (κ2) is 5.63. The van der Waals surface area contributed by atoms with Crippen molar-refractivity contribution >= 4 is 10.9 Å². The summed E-state index contributed by atoms with van der Waals surface area (Å²) < 4.78 is 10.9. The van der Waals surface area contributed by atoms with Gasteiger partial charge in [-0.05, 0) is 12.1 Å². The Labute approximate surface area is 120 Å². The molecule has 2 heterocycles. The molecule has 0 aliphatic carbocycles. The zero-order valence-electron chi connectivity index (χ0n) is 11.1. The molecule has 7 nitrogen and oxygen atoms in total. The summed E-state index contributed by atoms with van der Waals surface area (Å²) in [5.41, 5.74) is 0.858. The van der Waals surface area contributed by atoms with Crippen molar-refractivity contribution in [2.75, 3.05) is 6.61 Å². The topological polar surface area (TPSA) is 115 Å². The van der Waals surface area contributed by atoms with Crippen LogP contribution in [-0.4, -0.2) is 62.7 Å². The molecule has 0 spiro atoms. The lowest BCUT2D eigenvalue weighted by Gasteiger charge is -2.39. The van der Waals surface area contributed by atoms with Crippen LogP contribution >= 0.6 is 0 Å². The Hall–Kier alpha value is -1.64. The third-order valence-electron chi connectivity index (χ3n) is 3.64. The van der Waals surface area contributed by atoms with E-state index in [1.807, 2.05) is 24.3 Å². The molecule has 3 rings (SSSR count). The molecule has 5 N–H and O–H groups in total. The molecule has 7 heteroatoms. The van der Waals surface area contributed by atoms with Crippen LogP contribution in [0.4, 0.5) is 0 Å². The van der Waals surface area contributed by atoms with E-state index in [0.717, 1.165) is 10.9 Å². The number of nitrogens with one attached hydrogen (secondary N) is 1. The first-order chi connectivity index (χ1) is 10.1. The molecular formula is C14H17NO6. The molecule has 2 aromatic rings. The van der Waals surface area contributed by atoms with E-state index >= 15 is 0 Å². The molecule has 1 unspecified atom stereocenters. The Morgan fingerprint density at radius 3 is 2.62 bits per heavy atom. The van der Waals surface area contributed by atoms with Crippen LogP contribution in [0.5, 0.6) is 5.75 Å². The lowest BCUT2D eigenvalue weighted by atomic mass is 9.99. The third-order valence-corrected chi connectivity index (χ3v) is 3.64. The molecule has 0 radical (unpaired) electrons. The van der Waals surface area contributed by atoms with Gasteiger partial charge in [-0.25, -0.2) is 0 Å². The average Bonchev–Trinajstić information content (AvgIpc) is 2.91. The standard InChI is InChI=1S/C14H17NO6/c16-6-10-11(17)12(18)13(19)14(21-10)20-9-5-15-8-4-2-1-3-7(8)9/h1-5,10-19H,6H2/t10-,11+,12-,13-,14?/m1/s1. The van der Waals surface area contributed by atoms with Crippen LogP contribution in [0, 0.1) is 0 Å². The van der Waals surface area contributed by atoms with Gasteiger partial charge in [-0.1, -0.05) is 12.1 Å². The maximum Gasteiger partial charge on any atom is 0.229 e. The van der Waals surface area contributed by atoms with E-state index in [1.54, 1.807) is 6.20 Å². The fraction of sp³-hybridized carbons (Fsp3) is 0.429. The number of hydrogen-bond donors (Lipinski definition) is 5. The fourth-order valence-corrected chi connectivity index (χ4v) is 2.43. The van der Waals surface area contributed by atoms with Crippen molar-refractivity contribution in [3.05, 3.63) is 30.5 Å². The largest absolute Gasteiger partial charge is 0.460 e. The van der Waals surface area contributed by atoms with Crippen molar-refractivity contribution in [3.8, 4) is 5.75 Å². The van der Waals surface area contributed by atoms with E-state index in [9.17, 15) is 15.3 Å². The van der Waals surface area contributed by atoms with Gasteiger partial charge in [0.15, 0.2) is 0 Å². The predicted octanol–water partition coefficient (Wildman–Crippen LogP) is -0.653. The summed E-state index contributed by atoms with van der Waals surface area (Å²) in [6, 6.07) is 7.42. The minimum atomic E-state index is -1.45. The summed E-state index contributed by atoms with van der Waals surface area (Å²) >= 11 is 0. The van der Waals surface area contributed by atoms with Gasteiger partial charge in [0, 0.05) is 17.1 Å². The van der Waals surface area contributed by atoms with Crippen molar-refractivity contribution < 1.29 is 29.9 Å². The minimum absolute atomic E-state index is 0.454. The zero-order valence-corrected chi connectivity index (χ0v) is 11.1. The molecule has 0 amide bonds. The molecule has 5 atom stereocenters. The summed E-state index contributed by atoms with van der Waals surface area (Å²) in [7, 11) is 0. The van der Waals surface area contributed by atoms with Crippen LogP contribution in [-0.2, 0) is 4.74 Å². The Morgan fingerprint density at radius 2 is 1.86 bits per heavy atom. The lowest BCUT2D eigenvalue weighted by Crippen LogP contribution is -2.60. The van der Waals surface area contributed by atoms with Crippen molar-refractivity contribution in [1.82, 2.24) is 4.98 Å². The number of hydrogen-bond acceptors (Lipinski definition) is 6. The predicted molar refractivity (Wildman–Crippen MR) is 72.7 cm³/mol. The molecule has 0 saturated carbocycles. The van der Waals surface area contributed by atoms with E-state index in [0.29, 0.717) is 5.75 Å². The number of para-hydroxylation sites is 1. The highest BCUT2D eigenvalue weighted by Crippen LogP contribution is 2.29. The maximum atomic E-state index is 9.94. The molecule has 1 aromatic heterocycles. The molecule has 1 aliphatic rings. The SMILES string of the molecule is OC[C@H]1OC(Oc2c[nH]c3ccccc23)[C@H](O)[C@H](O)[C@H]1O. The first-order valence-electron chi connectivity index (χ1n) is 6.65. The lowest BCUT2D eigenvalue weighted by molar-refractivity contribution is -0.277. The van der Waals surface area contributed by atoms with Gasteiger partial charge in [0.2, 0.25) is 6.29 Å². The van der Waals surface area contributed by atoms with Crippen LogP contribution in [0.3, 0.4) is 0 Å². The number of benzene rings is 1. The number of H-pyrrole nitrogens is 1. The molecule has 0 bridgehead atoms. The second-order valence-electron chi connectivity index (χ2n) is 5.01. The van der Waals surface area contributed by atoms with E-state index in [4.69, 9.17) is 14.6 Å². The van der Waals surface area contributed by atoms with E-state index < -0.39 is 37.3 Å². The number of aromatic amines is 1. The van der Waals surface area contributed by atoms with Crippen LogP contribution in [0.2, 0.25) is 0 Å². The second-order valence-corrected chi connectivity index (χ2v) is 5.01. The minimum Gasteiger partial charge on any atom is -0.460 e. The quantitative estimate of drug-likeness (QED) is 0.514. The molecule has 114 valence electrons. The van der Waals surface area contributed by atoms with Crippen molar-refractivity contribution in [2.45, 2.75) is 30.7 Å². The van der Waals surface area contributed by atoms with Gasteiger partial charge in [0.25, 0.3) is 0 Å². The Bertz CT molecular complexity index is 612. The normalized spacial score (nSPS) is 33.2. The zero-order chi connectivity index (χ0) is 15.0. The molecular weight excluding hydrogens is 278 g/mol. The van der Waals surface area contributed by atoms with Crippen LogP contribution in [0.1, 0.15) is 0 Å². The number of rotatable bonds is 3. The van der Waals surface area contributed by atoms with Crippen molar-refractivity contribution in [1.29, 1.82) is 0 Å². The highest BCUT2D eigenvalue weighted by Gasteiger charge is 2.44. The number of ether oxygens (including phenoxy) is 2. The van der Waals surface area contributed by atoms with Gasteiger partial charge in [-0.2, -0.15) is 0 Å².